The van der Waals surface area contributed by atoms with Gasteiger partial charge in [0.2, 0.25) is 0 Å². The average Bonchev–Trinajstić information content (AvgIpc) is 2.88. The number of hydrogen-bond donors (Lipinski definition) is 1. The van der Waals surface area contributed by atoms with Gasteiger partial charge in [0.15, 0.2) is 0 Å². The number of aryl methyl sites for hydroxylation is 1. The summed E-state index contributed by atoms with van der Waals surface area (Å²) < 4.78 is 11.5. The summed E-state index contributed by atoms with van der Waals surface area (Å²) >= 11 is 6.15. The van der Waals surface area contributed by atoms with Crippen molar-refractivity contribution in [2.24, 2.45) is 0 Å². The highest BCUT2D eigenvalue weighted by molar-refractivity contribution is 6.31. The van der Waals surface area contributed by atoms with E-state index < -0.39 is 5.91 Å². The number of nitrogens with one attached hydrogen (secondary N) is 1. The molecule has 0 bridgehead atoms. The molecule has 0 unspecified atom stereocenters. The lowest BCUT2D eigenvalue weighted by Crippen LogP contribution is -2.13. The minimum absolute atomic E-state index is 0.0677. The first-order valence-electron chi connectivity index (χ1n) is 11.0. The normalized spacial score (nSPS) is 11.1. The van der Waals surface area contributed by atoms with E-state index in [1.807, 2.05) is 37.3 Å². The van der Waals surface area contributed by atoms with Gasteiger partial charge in [-0.2, -0.15) is 5.26 Å². The van der Waals surface area contributed by atoms with Crippen LogP contribution in [-0.4, -0.2) is 13.0 Å². The Labute approximate surface area is 209 Å². The summed E-state index contributed by atoms with van der Waals surface area (Å²) in [6, 6.07) is 26.6. The fourth-order valence-corrected chi connectivity index (χ4v) is 3.81. The van der Waals surface area contributed by atoms with Crippen LogP contribution in [-0.2, 0) is 11.4 Å². The zero-order valence-corrected chi connectivity index (χ0v) is 20.1. The van der Waals surface area contributed by atoms with E-state index in [0.29, 0.717) is 34.4 Å². The molecule has 0 saturated heterocycles. The third-order valence-electron chi connectivity index (χ3n) is 5.58. The van der Waals surface area contributed by atoms with Crippen molar-refractivity contribution < 1.29 is 14.3 Å². The molecule has 0 spiro atoms. The van der Waals surface area contributed by atoms with Gasteiger partial charge in [0.25, 0.3) is 5.91 Å². The number of ether oxygens (including phenoxy) is 2. The van der Waals surface area contributed by atoms with Crippen LogP contribution in [0.5, 0.6) is 11.5 Å². The third kappa shape index (κ3) is 5.63. The molecule has 4 aromatic carbocycles. The van der Waals surface area contributed by atoms with Crippen LogP contribution >= 0.6 is 11.6 Å². The van der Waals surface area contributed by atoms with Crippen LogP contribution < -0.4 is 14.8 Å². The van der Waals surface area contributed by atoms with Crippen LogP contribution in [0.1, 0.15) is 16.7 Å². The maximum atomic E-state index is 12.8. The zero-order valence-electron chi connectivity index (χ0n) is 19.3. The van der Waals surface area contributed by atoms with E-state index in [1.54, 1.807) is 43.5 Å². The van der Waals surface area contributed by atoms with Gasteiger partial charge in [-0.3, -0.25) is 4.79 Å². The molecule has 4 rings (SSSR count). The fraction of sp³-hybridized carbons (Fsp3) is 0.103. The highest BCUT2D eigenvalue weighted by Gasteiger charge is 2.13. The fourth-order valence-electron chi connectivity index (χ4n) is 3.63. The molecule has 35 heavy (non-hydrogen) atoms. The summed E-state index contributed by atoms with van der Waals surface area (Å²) in [4.78, 5) is 12.8. The monoisotopic (exact) mass is 482 g/mol. The second kappa shape index (κ2) is 10.8. The lowest BCUT2D eigenvalue weighted by Gasteiger charge is -2.13. The lowest BCUT2D eigenvalue weighted by atomic mass is 10.1. The quantitative estimate of drug-likeness (QED) is 0.229. The largest absolute Gasteiger partial charge is 0.497 e. The minimum Gasteiger partial charge on any atom is -0.497 e. The van der Waals surface area contributed by atoms with E-state index in [4.69, 9.17) is 21.1 Å². The van der Waals surface area contributed by atoms with Crippen LogP contribution in [0.15, 0.2) is 84.4 Å². The summed E-state index contributed by atoms with van der Waals surface area (Å²) in [5.41, 5.74) is 2.94. The van der Waals surface area contributed by atoms with Crippen LogP contribution in [0.2, 0.25) is 5.02 Å². The van der Waals surface area contributed by atoms with Gasteiger partial charge in [0.1, 0.15) is 29.7 Å². The second-order valence-electron chi connectivity index (χ2n) is 7.92. The summed E-state index contributed by atoms with van der Waals surface area (Å²) in [6.45, 7) is 2.18. The highest BCUT2D eigenvalue weighted by Crippen LogP contribution is 2.29. The predicted molar refractivity (Wildman–Crippen MR) is 140 cm³/mol. The zero-order chi connectivity index (χ0) is 24.8. The van der Waals surface area contributed by atoms with Gasteiger partial charge in [0.05, 0.1) is 7.11 Å². The van der Waals surface area contributed by atoms with E-state index in [9.17, 15) is 10.1 Å². The Hall–Kier alpha value is -4.27. The van der Waals surface area contributed by atoms with Gasteiger partial charge >= 0.3 is 0 Å². The number of benzene rings is 4. The van der Waals surface area contributed by atoms with Crippen molar-refractivity contribution in [3.05, 3.63) is 106 Å². The van der Waals surface area contributed by atoms with Gasteiger partial charge in [-0.1, -0.05) is 60.1 Å². The summed E-state index contributed by atoms with van der Waals surface area (Å²) in [7, 11) is 1.57. The number of carbonyl (C=O) groups excluding carboxylic acids is 1. The molecule has 5 nitrogen and oxygen atoms in total. The van der Waals surface area contributed by atoms with E-state index >= 15 is 0 Å². The number of halogens is 1. The van der Waals surface area contributed by atoms with Gasteiger partial charge in [-0.25, -0.2) is 0 Å². The topological polar surface area (TPSA) is 71.3 Å². The van der Waals surface area contributed by atoms with Crippen molar-refractivity contribution in [1.82, 2.24) is 0 Å². The van der Waals surface area contributed by atoms with Crippen LogP contribution in [0.25, 0.3) is 16.8 Å². The Morgan fingerprint density at radius 2 is 1.86 bits per heavy atom. The van der Waals surface area contributed by atoms with Crippen LogP contribution in [0.3, 0.4) is 0 Å². The predicted octanol–water partition coefficient (Wildman–Crippen LogP) is 6.93. The molecule has 0 aliphatic rings. The van der Waals surface area contributed by atoms with E-state index in [0.717, 1.165) is 21.9 Å². The van der Waals surface area contributed by atoms with Gasteiger partial charge in [-0.05, 0) is 59.2 Å². The minimum atomic E-state index is -0.539. The third-order valence-corrected chi connectivity index (χ3v) is 5.99. The van der Waals surface area contributed by atoms with Crippen molar-refractivity contribution >= 4 is 40.0 Å². The molecular weight excluding hydrogens is 460 g/mol. The number of anilines is 1. The highest BCUT2D eigenvalue weighted by atomic mass is 35.5. The van der Waals surface area contributed by atoms with E-state index in [1.165, 1.54) is 6.08 Å². The van der Waals surface area contributed by atoms with E-state index in [2.05, 4.69) is 23.5 Å². The van der Waals surface area contributed by atoms with E-state index in [-0.39, 0.29) is 5.57 Å². The molecular formula is C29H23ClN2O3. The molecule has 6 heteroatoms. The number of hydrogen-bond acceptors (Lipinski definition) is 4. The maximum absolute atomic E-state index is 12.8. The first-order valence-corrected chi connectivity index (χ1v) is 11.3. The Morgan fingerprint density at radius 3 is 2.63 bits per heavy atom. The van der Waals surface area contributed by atoms with Crippen LogP contribution in [0, 0.1) is 18.3 Å². The second-order valence-corrected chi connectivity index (χ2v) is 8.33. The summed E-state index contributed by atoms with van der Waals surface area (Å²) in [5, 5.41) is 15.2. The molecule has 174 valence electrons. The Morgan fingerprint density at radius 1 is 1.06 bits per heavy atom. The molecule has 0 atom stereocenters. The lowest BCUT2D eigenvalue weighted by molar-refractivity contribution is -0.112. The van der Waals surface area contributed by atoms with Crippen molar-refractivity contribution in [2.75, 3.05) is 12.4 Å². The summed E-state index contributed by atoms with van der Waals surface area (Å²) in [5.74, 6) is 0.562. The van der Waals surface area contributed by atoms with Gasteiger partial charge < -0.3 is 14.8 Å². The maximum Gasteiger partial charge on any atom is 0.266 e. The molecule has 0 fully saturated rings. The Bertz CT molecular complexity index is 1470. The number of methoxy groups -OCH3 is 1. The molecule has 0 aromatic heterocycles. The molecule has 1 amide bonds. The number of fused-ring (bicyclic) bond motifs is 1. The Balaban J connectivity index is 1.61. The smallest absolute Gasteiger partial charge is 0.266 e. The van der Waals surface area contributed by atoms with Gasteiger partial charge in [-0.15, -0.1) is 0 Å². The number of carbonyl (C=O) groups is 1. The SMILES string of the molecule is COc1ccc(/C=C(\C#N)C(=O)Nc2ccc(C)c(Cl)c2)c(OCc2cccc3ccccc23)c1. The number of nitriles is 1. The van der Waals surface area contributed by atoms with Crippen molar-refractivity contribution in [3.8, 4) is 17.6 Å². The molecule has 0 aliphatic heterocycles. The summed E-state index contributed by atoms with van der Waals surface area (Å²) in [6.07, 6.45) is 1.50. The van der Waals surface area contributed by atoms with Crippen molar-refractivity contribution in [1.29, 1.82) is 5.26 Å². The van der Waals surface area contributed by atoms with Crippen molar-refractivity contribution in [3.63, 3.8) is 0 Å². The first kappa shape index (κ1) is 23.9. The van der Waals surface area contributed by atoms with Crippen LogP contribution in [0.4, 0.5) is 5.69 Å². The molecule has 1 N–H and O–H groups in total. The number of rotatable bonds is 7. The molecule has 4 aromatic rings. The standard InChI is InChI=1S/C29H23ClN2O3/c1-19-10-12-24(15-27(19)30)32-29(33)23(17-31)14-21-11-13-25(34-2)16-28(21)35-18-22-8-5-7-20-6-3-4-9-26(20)22/h3-16H,18H2,1-2H3,(H,32,33)/b23-14+. The first-order chi connectivity index (χ1) is 17.0. The van der Waals surface area contributed by atoms with Crippen molar-refractivity contribution in [2.45, 2.75) is 13.5 Å². The molecule has 0 radical (unpaired) electrons. The average molecular weight is 483 g/mol. The number of nitrogens with zero attached hydrogens (tertiary/aromatic N) is 1. The van der Waals surface area contributed by atoms with Gasteiger partial charge in [0, 0.05) is 22.3 Å². The number of amides is 1. The molecule has 0 saturated carbocycles. The molecule has 0 heterocycles. The Kier molecular flexibility index (Phi) is 7.35. The molecule has 0 aliphatic carbocycles.